The van der Waals surface area contributed by atoms with Crippen molar-refractivity contribution < 1.29 is 29.0 Å². The second-order valence-electron chi connectivity index (χ2n) is 16.8. The second kappa shape index (κ2) is 16.2. The average molecular weight is 803 g/mol. The van der Waals surface area contributed by atoms with E-state index in [1.54, 1.807) is 4.90 Å². The van der Waals surface area contributed by atoms with Gasteiger partial charge in [0.2, 0.25) is 11.8 Å². The van der Waals surface area contributed by atoms with Gasteiger partial charge in [0.05, 0.1) is 42.0 Å². The molecule has 2 saturated heterocycles. The predicted molar refractivity (Wildman–Crippen MR) is 225 cm³/mol. The van der Waals surface area contributed by atoms with Crippen molar-refractivity contribution in [3.8, 4) is 33.6 Å². The Morgan fingerprint density at radius 3 is 1.69 bits per heavy atom. The first-order chi connectivity index (χ1) is 28.2. The summed E-state index contributed by atoms with van der Waals surface area (Å²) in [6.07, 6.45) is 4.80. The smallest absolute Gasteiger partial charge is 0.407 e. The van der Waals surface area contributed by atoms with Crippen LogP contribution in [0.1, 0.15) is 78.9 Å². The number of benzene rings is 3. The summed E-state index contributed by atoms with van der Waals surface area (Å²) in [6, 6.07) is 19.2. The standard InChI is InChI=1S/C45H54N8O6/c1-26(2)36(50-42(56)57)38(54)52-22-11-21-45(52,6)41-47-25-35(49-41)33-19-18-30(31-12-8-9-13-32(31)33)28-14-16-29(17-15-28)34-24-46-40(48-34)44(5)20-10-23-53(44)39(55)37(27(3)4)51-43(58)59-7/h8-9,12-19,24-27,36-37,50H,10-11,20-23H2,1-7H3,(H,46,48)(H,47,49)(H,51,58)(H,56,57)/t36-,37-,44-,45-/m0/s1. The van der Waals surface area contributed by atoms with Gasteiger partial charge in [-0.15, -0.1) is 0 Å². The summed E-state index contributed by atoms with van der Waals surface area (Å²) < 4.78 is 4.79. The van der Waals surface area contributed by atoms with Crippen LogP contribution in [0.15, 0.2) is 73.1 Å². The summed E-state index contributed by atoms with van der Waals surface area (Å²) in [7, 11) is 1.29. The maximum Gasteiger partial charge on any atom is 0.407 e. The highest BCUT2D eigenvalue weighted by Gasteiger charge is 2.47. The van der Waals surface area contributed by atoms with Crippen molar-refractivity contribution in [3.05, 3.63) is 84.7 Å². The molecule has 0 aliphatic carbocycles. The number of carboxylic acid groups (broad SMARTS) is 1. The van der Waals surface area contributed by atoms with Crippen LogP contribution < -0.4 is 10.6 Å². The molecular weight excluding hydrogens is 749 g/mol. The van der Waals surface area contributed by atoms with Crippen molar-refractivity contribution in [2.45, 2.75) is 90.4 Å². The van der Waals surface area contributed by atoms with Crippen LogP contribution in [-0.4, -0.2) is 91.1 Å². The number of alkyl carbamates (subject to hydrolysis) is 1. The maximum atomic E-state index is 13.8. The van der Waals surface area contributed by atoms with E-state index < -0.39 is 35.3 Å². The van der Waals surface area contributed by atoms with E-state index in [1.165, 1.54) is 7.11 Å². The number of imidazole rings is 2. The largest absolute Gasteiger partial charge is 0.465 e. The van der Waals surface area contributed by atoms with Crippen molar-refractivity contribution in [2.75, 3.05) is 20.2 Å². The number of carbonyl (C=O) groups is 4. The van der Waals surface area contributed by atoms with Crippen LogP contribution >= 0.6 is 0 Å². The third kappa shape index (κ3) is 7.63. The Balaban J connectivity index is 1.12. The molecule has 7 rings (SSSR count). The molecule has 14 heteroatoms. The van der Waals surface area contributed by atoms with E-state index in [4.69, 9.17) is 14.7 Å². The maximum absolute atomic E-state index is 13.8. The first kappa shape index (κ1) is 41.0. The Morgan fingerprint density at radius 2 is 1.17 bits per heavy atom. The fourth-order valence-corrected chi connectivity index (χ4v) is 8.90. The molecule has 0 unspecified atom stereocenters. The van der Waals surface area contributed by atoms with Gasteiger partial charge in [-0.1, -0.05) is 88.4 Å². The lowest BCUT2D eigenvalue weighted by Gasteiger charge is -2.37. The number of aromatic nitrogens is 4. The number of methoxy groups -OCH3 is 1. The number of rotatable bonds is 11. The quantitative estimate of drug-likeness (QED) is 0.0902. The lowest BCUT2D eigenvalue weighted by Crippen LogP contribution is -2.55. The minimum absolute atomic E-state index is 0.131. The Bertz CT molecular complexity index is 2370. The zero-order chi connectivity index (χ0) is 42.2. The van der Waals surface area contributed by atoms with E-state index in [-0.39, 0.29) is 23.7 Å². The van der Waals surface area contributed by atoms with Gasteiger partial charge in [-0.3, -0.25) is 9.59 Å². The number of fused-ring (bicyclic) bond motifs is 1. The van der Waals surface area contributed by atoms with Gasteiger partial charge >= 0.3 is 12.2 Å². The van der Waals surface area contributed by atoms with Crippen molar-refractivity contribution in [2.24, 2.45) is 11.8 Å². The predicted octanol–water partition coefficient (Wildman–Crippen LogP) is 7.64. The fraction of sp³-hybridized carbons (Fsp3) is 0.422. The van der Waals surface area contributed by atoms with E-state index in [2.05, 4.69) is 69.1 Å². The zero-order valence-electron chi connectivity index (χ0n) is 34.8. The van der Waals surface area contributed by atoms with Crippen molar-refractivity contribution in [1.82, 2.24) is 40.4 Å². The SMILES string of the molecule is COC(=O)N[C@H](C(=O)N1CCC[C@@]1(C)c1ncc(-c2ccc(-c3ccc(-c4cnc([C@]5(C)CCCN5C(=O)[C@@H](NC(=O)O)C(C)C)[nH]4)c4ccccc34)cc2)[nH]1)C(C)C. The van der Waals surface area contributed by atoms with Gasteiger partial charge in [0.15, 0.2) is 0 Å². The summed E-state index contributed by atoms with van der Waals surface area (Å²) in [5.74, 6) is 0.609. The third-order valence-corrected chi connectivity index (χ3v) is 12.3. The fourth-order valence-electron chi connectivity index (χ4n) is 8.90. The Kier molecular flexibility index (Phi) is 11.3. The van der Waals surface area contributed by atoms with E-state index in [9.17, 15) is 24.3 Å². The summed E-state index contributed by atoms with van der Waals surface area (Å²) in [5.41, 5.74) is 4.32. The van der Waals surface area contributed by atoms with Crippen LogP contribution in [-0.2, 0) is 25.4 Å². The van der Waals surface area contributed by atoms with Crippen molar-refractivity contribution in [1.29, 1.82) is 0 Å². The molecular formula is C45H54N8O6. The van der Waals surface area contributed by atoms with Crippen molar-refractivity contribution in [3.63, 3.8) is 0 Å². The highest BCUT2D eigenvalue weighted by molar-refractivity contribution is 6.04. The van der Waals surface area contributed by atoms with Crippen LogP contribution in [0.2, 0.25) is 0 Å². The number of carbonyl (C=O) groups excluding carboxylic acids is 3. The lowest BCUT2D eigenvalue weighted by atomic mass is 9.93. The van der Waals surface area contributed by atoms with Crippen LogP contribution in [0, 0.1) is 11.8 Å². The average Bonchev–Trinajstić information content (AvgIpc) is 4.05. The molecule has 2 aliphatic heterocycles. The number of likely N-dealkylation sites (tertiary alicyclic amines) is 2. The highest BCUT2D eigenvalue weighted by atomic mass is 16.5. The van der Waals surface area contributed by atoms with Crippen LogP contribution in [0.5, 0.6) is 0 Å². The molecule has 5 N–H and O–H groups in total. The topological polar surface area (TPSA) is 186 Å². The molecule has 4 atom stereocenters. The third-order valence-electron chi connectivity index (χ3n) is 12.3. The number of aromatic amines is 2. The summed E-state index contributed by atoms with van der Waals surface area (Å²) >= 11 is 0. The minimum Gasteiger partial charge on any atom is -0.465 e. The number of hydrogen-bond donors (Lipinski definition) is 5. The van der Waals surface area contributed by atoms with Crippen molar-refractivity contribution >= 4 is 34.8 Å². The van der Waals surface area contributed by atoms with Gasteiger partial charge in [0, 0.05) is 18.7 Å². The van der Waals surface area contributed by atoms with Gasteiger partial charge in [-0.2, -0.15) is 0 Å². The van der Waals surface area contributed by atoms with Gasteiger partial charge in [-0.25, -0.2) is 19.6 Å². The molecule has 5 aromatic rings. The molecule has 2 aromatic heterocycles. The first-order valence-electron chi connectivity index (χ1n) is 20.4. The zero-order valence-corrected chi connectivity index (χ0v) is 34.8. The lowest BCUT2D eigenvalue weighted by molar-refractivity contribution is -0.139. The van der Waals surface area contributed by atoms with E-state index in [0.29, 0.717) is 31.2 Å². The van der Waals surface area contributed by atoms with Crippen LogP contribution in [0.25, 0.3) is 44.4 Å². The Labute approximate surface area is 344 Å². The Morgan fingerprint density at radius 1 is 0.695 bits per heavy atom. The molecule has 0 spiro atoms. The number of hydrogen-bond acceptors (Lipinski definition) is 7. The second-order valence-corrected chi connectivity index (χ2v) is 16.8. The normalized spacial score (nSPS) is 20.3. The highest BCUT2D eigenvalue weighted by Crippen LogP contribution is 2.42. The van der Waals surface area contributed by atoms with E-state index in [1.807, 2.05) is 71.0 Å². The van der Waals surface area contributed by atoms with Crippen LogP contribution in [0.3, 0.4) is 0 Å². The summed E-state index contributed by atoms with van der Waals surface area (Å²) in [4.78, 5) is 71.4. The number of amides is 4. The number of nitrogens with one attached hydrogen (secondary N) is 4. The monoisotopic (exact) mass is 802 g/mol. The molecule has 310 valence electrons. The number of ether oxygens (including phenoxy) is 1. The molecule has 0 saturated carbocycles. The van der Waals surface area contributed by atoms with E-state index in [0.717, 1.165) is 63.7 Å². The molecule has 59 heavy (non-hydrogen) atoms. The molecule has 2 aliphatic rings. The van der Waals surface area contributed by atoms with Gasteiger partial charge < -0.3 is 40.2 Å². The molecule has 3 aromatic carbocycles. The van der Waals surface area contributed by atoms with Crippen LogP contribution in [0.4, 0.5) is 9.59 Å². The summed E-state index contributed by atoms with van der Waals surface area (Å²) in [5, 5.41) is 16.7. The molecule has 4 amide bonds. The van der Waals surface area contributed by atoms with Gasteiger partial charge in [0.1, 0.15) is 23.7 Å². The van der Waals surface area contributed by atoms with Gasteiger partial charge in [0.25, 0.3) is 0 Å². The number of nitrogens with zero attached hydrogens (tertiary/aromatic N) is 4. The molecule has 14 nitrogen and oxygen atoms in total. The molecule has 2 fully saturated rings. The molecule has 0 radical (unpaired) electrons. The minimum atomic E-state index is -1.22. The van der Waals surface area contributed by atoms with Gasteiger partial charge in [-0.05, 0) is 78.8 Å². The number of H-pyrrole nitrogens is 2. The first-order valence-corrected chi connectivity index (χ1v) is 20.4. The Hall–Kier alpha value is -6.18. The van der Waals surface area contributed by atoms with E-state index >= 15 is 0 Å². The summed E-state index contributed by atoms with van der Waals surface area (Å²) in [6.45, 7) is 12.6. The molecule has 0 bridgehead atoms. The molecule has 4 heterocycles.